The van der Waals surface area contributed by atoms with Gasteiger partial charge in [-0.25, -0.2) is 4.98 Å². The van der Waals surface area contributed by atoms with E-state index >= 15 is 0 Å². The van der Waals surface area contributed by atoms with E-state index in [2.05, 4.69) is 10.3 Å². The summed E-state index contributed by atoms with van der Waals surface area (Å²) in [6, 6.07) is 3.77. The van der Waals surface area contributed by atoms with E-state index in [1.54, 1.807) is 0 Å². The van der Waals surface area contributed by atoms with E-state index in [9.17, 15) is 4.79 Å². The molecule has 0 saturated heterocycles. The van der Waals surface area contributed by atoms with Crippen molar-refractivity contribution in [2.24, 2.45) is 0 Å². The zero-order chi connectivity index (χ0) is 14.9. The van der Waals surface area contributed by atoms with Crippen LogP contribution in [0.3, 0.4) is 0 Å². The number of aryl methyl sites for hydroxylation is 1. The van der Waals surface area contributed by atoms with Crippen LogP contribution >= 0.6 is 11.3 Å². The standard InChI is InChI=1S/C14H19N3O2S/c1-8-4-5-9-10(15)11(20-13(9)16-8)12(19)17-14(2,3)6-7-18/h4-5,18H,6-7,15H2,1-3H3,(H,17,19). The highest BCUT2D eigenvalue weighted by Gasteiger charge is 2.24. The number of carbonyl (C=O) groups is 1. The van der Waals surface area contributed by atoms with Crippen molar-refractivity contribution in [1.82, 2.24) is 10.3 Å². The third kappa shape index (κ3) is 2.91. The minimum atomic E-state index is -0.474. The van der Waals surface area contributed by atoms with Crippen molar-refractivity contribution in [3.8, 4) is 0 Å². The minimum Gasteiger partial charge on any atom is -0.397 e. The van der Waals surface area contributed by atoms with Crippen molar-refractivity contribution in [3.63, 3.8) is 0 Å². The summed E-state index contributed by atoms with van der Waals surface area (Å²) in [5.41, 5.74) is 6.93. The Balaban J connectivity index is 2.33. The van der Waals surface area contributed by atoms with Gasteiger partial charge in [0, 0.05) is 23.2 Å². The predicted octanol–water partition coefficient (Wildman–Crippen LogP) is 2.08. The first-order valence-electron chi connectivity index (χ1n) is 6.43. The lowest BCUT2D eigenvalue weighted by Crippen LogP contribution is -2.43. The highest BCUT2D eigenvalue weighted by Crippen LogP contribution is 2.32. The van der Waals surface area contributed by atoms with Gasteiger partial charge >= 0.3 is 0 Å². The first-order valence-corrected chi connectivity index (χ1v) is 7.25. The number of anilines is 1. The Morgan fingerprint density at radius 1 is 1.50 bits per heavy atom. The number of aromatic nitrogens is 1. The number of nitrogens with two attached hydrogens (primary N) is 1. The van der Waals surface area contributed by atoms with Crippen molar-refractivity contribution in [2.45, 2.75) is 32.7 Å². The Labute approximate surface area is 121 Å². The Bertz CT molecular complexity index is 649. The third-order valence-corrected chi connectivity index (χ3v) is 4.24. The van der Waals surface area contributed by atoms with E-state index in [4.69, 9.17) is 10.8 Å². The van der Waals surface area contributed by atoms with Gasteiger partial charge in [-0.15, -0.1) is 11.3 Å². The minimum absolute atomic E-state index is 0.0237. The van der Waals surface area contributed by atoms with Gasteiger partial charge in [-0.3, -0.25) is 4.79 Å². The van der Waals surface area contributed by atoms with E-state index in [0.29, 0.717) is 17.0 Å². The van der Waals surface area contributed by atoms with Crippen LogP contribution in [0.25, 0.3) is 10.2 Å². The van der Waals surface area contributed by atoms with Gasteiger partial charge in [0.05, 0.1) is 5.69 Å². The van der Waals surface area contributed by atoms with Crippen LogP contribution in [-0.4, -0.2) is 28.1 Å². The van der Waals surface area contributed by atoms with Crippen molar-refractivity contribution in [2.75, 3.05) is 12.3 Å². The molecule has 0 aliphatic rings. The van der Waals surface area contributed by atoms with Gasteiger partial charge < -0.3 is 16.2 Å². The van der Waals surface area contributed by atoms with E-state index in [0.717, 1.165) is 15.9 Å². The number of nitrogen functional groups attached to an aromatic ring is 1. The van der Waals surface area contributed by atoms with E-state index in [1.807, 2.05) is 32.9 Å². The lowest BCUT2D eigenvalue weighted by Gasteiger charge is -2.25. The highest BCUT2D eigenvalue weighted by molar-refractivity contribution is 7.21. The van der Waals surface area contributed by atoms with Gasteiger partial charge in [-0.05, 0) is 39.3 Å². The zero-order valence-corrected chi connectivity index (χ0v) is 12.7. The molecular weight excluding hydrogens is 274 g/mol. The molecule has 0 unspecified atom stereocenters. The topological polar surface area (TPSA) is 88.2 Å². The molecule has 0 atom stereocenters. The predicted molar refractivity (Wildman–Crippen MR) is 82.0 cm³/mol. The Morgan fingerprint density at radius 3 is 2.85 bits per heavy atom. The quantitative estimate of drug-likeness (QED) is 0.805. The number of amides is 1. The third-order valence-electron chi connectivity index (χ3n) is 3.13. The Hall–Kier alpha value is -1.66. The second-order valence-electron chi connectivity index (χ2n) is 5.46. The van der Waals surface area contributed by atoms with Crippen molar-refractivity contribution in [3.05, 3.63) is 22.7 Å². The fourth-order valence-corrected chi connectivity index (χ4v) is 3.00. The van der Waals surface area contributed by atoms with Crippen LogP contribution in [0.4, 0.5) is 5.69 Å². The van der Waals surface area contributed by atoms with Crippen molar-refractivity contribution >= 4 is 33.1 Å². The lowest BCUT2D eigenvalue weighted by molar-refractivity contribution is 0.0904. The summed E-state index contributed by atoms with van der Waals surface area (Å²) in [7, 11) is 0. The molecule has 0 fully saturated rings. The van der Waals surface area contributed by atoms with Gasteiger partial charge in [0.1, 0.15) is 9.71 Å². The monoisotopic (exact) mass is 293 g/mol. The molecule has 6 heteroatoms. The average molecular weight is 293 g/mol. The number of fused-ring (bicyclic) bond motifs is 1. The van der Waals surface area contributed by atoms with E-state index < -0.39 is 5.54 Å². The molecule has 5 nitrogen and oxygen atoms in total. The highest BCUT2D eigenvalue weighted by atomic mass is 32.1. The van der Waals surface area contributed by atoms with E-state index in [1.165, 1.54) is 11.3 Å². The number of hydrogen-bond acceptors (Lipinski definition) is 5. The summed E-state index contributed by atoms with van der Waals surface area (Å²) in [4.78, 5) is 18.0. The molecule has 0 aliphatic heterocycles. The maximum absolute atomic E-state index is 12.3. The number of aliphatic hydroxyl groups excluding tert-OH is 1. The Morgan fingerprint density at radius 2 is 2.20 bits per heavy atom. The summed E-state index contributed by atoms with van der Waals surface area (Å²) in [6.07, 6.45) is 0.487. The number of pyridine rings is 1. The number of nitrogens with zero attached hydrogens (tertiary/aromatic N) is 1. The van der Waals surface area contributed by atoms with Gasteiger partial charge in [0.25, 0.3) is 5.91 Å². The number of carbonyl (C=O) groups excluding carboxylic acids is 1. The molecular formula is C14H19N3O2S. The van der Waals surface area contributed by atoms with Gasteiger partial charge in [0.15, 0.2) is 0 Å². The van der Waals surface area contributed by atoms with Crippen LogP contribution in [0, 0.1) is 6.92 Å². The van der Waals surface area contributed by atoms with Gasteiger partial charge in [-0.2, -0.15) is 0 Å². The summed E-state index contributed by atoms with van der Waals surface area (Å²) in [6.45, 7) is 5.66. The van der Waals surface area contributed by atoms with Crippen LogP contribution in [0.1, 0.15) is 35.6 Å². The molecule has 108 valence electrons. The first kappa shape index (κ1) is 14.7. The first-order chi connectivity index (χ1) is 9.34. The fourth-order valence-electron chi connectivity index (χ4n) is 1.96. The van der Waals surface area contributed by atoms with Gasteiger partial charge in [-0.1, -0.05) is 0 Å². The maximum Gasteiger partial charge on any atom is 0.263 e. The lowest BCUT2D eigenvalue weighted by atomic mass is 10.0. The number of rotatable bonds is 4. The summed E-state index contributed by atoms with van der Waals surface area (Å²) in [5.74, 6) is -0.221. The normalized spacial score (nSPS) is 11.8. The summed E-state index contributed by atoms with van der Waals surface area (Å²) >= 11 is 1.29. The summed E-state index contributed by atoms with van der Waals surface area (Å²) in [5, 5.41) is 12.7. The molecule has 0 saturated carbocycles. The van der Waals surface area contributed by atoms with Crippen molar-refractivity contribution in [1.29, 1.82) is 0 Å². The summed E-state index contributed by atoms with van der Waals surface area (Å²) < 4.78 is 0. The van der Waals surface area contributed by atoms with Gasteiger partial charge in [0.2, 0.25) is 0 Å². The molecule has 0 aliphatic carbocycles. The SMILES string of the molecule is Cc1ccc2c(N)c(C(=O)NC(C)(C)CCO)sc2n1. The molecule has 0 aromatic carbocycles. The number of hydrogen-bond donors (Lipinski definition) is 3. The van der Waals surface area contributed by atoms with E-state index in [-0.39, 0.29) is 12.5 Å². The molecule has 1 amide bonds. The number of nitrogens with one attached hydrogen (secondary N) is 1. The zero-order valence-electron chi connectivity index (χ0n) is 11.9. The van der Waals surface area contributed by atoms with Crippen LogP contribution in [0.15, 0.2) is 12.1 Å². The smallest absolute Gasteiger partial charge is 0.263 e. The molecule has 2 aromatic heterocycles. The van der Waals surface area contributed by atoms with Crippen LogP contribution in [0.2, 0.25) is 0 Å². The number of aliphatic hydroxyl groups is 1. The average Bonchev–Trinajstić information content (AvgIpc) is 2.65. The Kier molecular flexibility index (Phi) is 3.96. The second kappa shape index (κ2) is 5.38. The molecule has 0 radical (unpaired) electrons. The fraction of sp³-hybridized carbons (Fsp3) is 0.429. The van der Waals surface area contributed by atoms with Crippen LogP contribution in [0.5, 0.6) is 0 Å². The molecule has 2 heterocycles. The molecule has 20 heavy (non-hydrogen) atoms. The largest absolute Gasteiger partial charge is 0.397 e. The van der Waals surface area contributed by atoms with Crippen LogP contribution < -0.4 is 11.1 Å². The van der Waals surface area contributed by atoms with Crippen LogP contribution in [-0.2, 0) is 0 Å². The molecule has 2 aromatic rings. The molecule has 4 N–H and O–H groups in total. The molecule has 0 spiro atoms. The molecule has 2 rings (SSSR count). The maximum atomic E-state index is 12.3. The molecule has 0 bridgehead atoms. The number of thiophene rings is 1. The van der Waals surface area contributed by atoms with Crippen molar-refractivity contribution < 1.29 is 9.90 Å². The second-order valence-corrected chi connectivity index (χ2v) is 6.46.